The lowest BCUT2D eigenvalue weighted by molar-refractivity contribution is 0.681. The van der Waals surface area contributed by atoms with Gasteiger partial charge in [0.05, 0.1) is 12.2 Å². The molecule has 0 saturated heterocycles. The van der Waals surface area contributed by atoms with Gasteiger partial charge in [-0.25, -0.2) is 19.9 Å². The molecule has 0 N–H and O–H groups in total. The van der Waals surface area contributed by atoms with Crippen LogP contribution in [-0.2, 0) is 6.54 Å². The first-order chi connectivity index (χ1) is 12.3. The van der Waals surface area contributed by atoms with Gasteiger partial charge in [-0.05, 0) is 11.6 Å². The molecular formula is C19H17N5S. The lowest BCUT2D eigenvalue weighted by atomic mass is 10.0. The molecular weight excluding hydrogens is 330 g/mol. The van der Waals surface area contributed by atoms with Crippen LogP contribution in [0.1, 0.15) is 29.9 Å². The van der Waals surface area contributed by atoms with E-state index >= 15 is 0 Å². The minimum Gasteiger partial charge on any atom is -0.328 e. The molecule has 6 heteroatoms. The third-order valence-corrected chi connectivity index (χ3v) is 4.96. The predicted molar refractivity (Wildman–Crippen MR) is 98.4 cm³/mol. The summed E-state index contributed by atoms with van der Waals surface area (Å²) >= 11 is 1.57. The maximum Gasteiger partial charge on any atom is 0.188 e. The van der Waals surface area contributed by atoms with Crippen LogP contribution in [0.5, 0.6) is 0 Å². The molecule has 0 bridgehead atoms. The van der Waals surface area contributed by atoms with E-state index in [1.54, 1.807) is 29.8 Å². The quantitative estimate of drug-likeness (QED) is 0.548. The van der Waals surface area contributed by atoms with Gasteiger partial charge in [0.1, 0.15) is 5.82 Å². The van der Waals surface area contributed by atoms with Crippen LogP contribution in [0.3, 0.4) is 0 Å². The lowest BCUT2D eigenvalue weighted by Gasteiger charge is -2.13. The van der Waals surface area contributed by atoms with Crippen molar-refractivity contribution < 1.29 is 0 Å². The first-order valence-electron chi connectivity index (χ1n) is 8.09. The third-order valence-electron chi connectivity index (χ3n) is 4.08. The van der Waals surface area contributed by atoms with E-state index in [1.807, 2.05) is 18.5 Å². The third kappa shape index (κ3) is 3.34. The van der Waals surface area contributed by atoms with Crippen molar-refractivity contribution in [3.05, 3.63) is 83.6 Å². The van der Waals surface area contributed by atoms with E-state index in [1.165, 1.54) is 5.56 Å². The highest BCUT2D eigenvalue weighted by atomic mass is 32.1. The average Bonchev–Trinajstić information content (AvgIpc) is 3.33. The van der Waals surface area contributed by atoms with Crippen molar-refractivity contribution in [2.45, 2.75) is 19.4 Å². The van der Waals surface area contributed by atoms with E-state index in [0.717, 1.165) is 16.5 Å². The van der Waals surface area contributed by atoms with Gasteiger partial charge in [-0.2, -0.15) is 0 Å². The number of benzene rings is 1. The Bertz CT molecular complexity index is 946. The zero-order valence-corrected chi connectivity index (χ0v) is 14.6. The fourth-order valence-electron chi connectivity index (χ4n) is 2.79. The lowest BCUT2D eigenvalue weighted by Crippen LogP contribution is -2.09. The Morgan fingerprint density at radius 2 is 1.80 bits per heavy atom. The largest absolute Gasteiger partial charge is 0.328 e. The number of rotatable bonds is 5. The molecule has 0 radical (unpaired) electrons. The summed E-state index contributed by atoms with van der Waals surface area (Å²) in [6.45, 7) is 2.87. The number of hydrogen-bond donors (Lipinski definition) is 0. The first kappa shape index (κ1) is 15.7. The second-order valence-corrected chi connectivity index (χ2v) is 6.62. The molecule has 0 aliphatic rings. The van der Waals surface area contributed by atoms with Crippen molar-refractivity contribution in [2.75, 3.05) is 0 Å². The Balaban J connectivity index is 1.57. The summed E-state index contributed by atoms with van der Waals surface area (Å²) in [7, 11) is 0. The fourth-order valence-corrected chi connectivity index (χ4v) is 3.55. The van der Waals surface area contributed by atoms with Gasteiger partial charge in [0.25, 0.3) is 0 Å². The number of nitrogens with zero attached hydrogens (tertiary/aromatic N) is 5. The van der Waals surface area contributed by atoms with Crippen LogP contribution in [-0.4, -0.2) is 24.5 Å². The monoisotopic (exact) mass is 347 g/mol. The van der Waals surface area contributed by atoms with Gasteiger partial charge in [-0.15, -0.1) is 11.3 Å². The van der Waals surface area contributed by atoms with Gasteiger partial charge in [0, 0.05) is 36.1 Å². The minimum absolute atomic E-state index is 0.228. The van der Waals surface area contributed by atoms with Crippen molar-refractivity contribution in [1.29, 1.82) is 0 Å². The normalized spacial score (nSPS) is 12.2. The Hall–Kier alpha value is -2.86. The van der Waals surface area contributed by atoms with Crippen LogP contribution in [0, 0.1) is 0 Å². The highest BCUT2D eigenvalue weighted by Crippen LogP contribution is 2.24. The summed E-state index contributed by atoms with van der Waals surface area (Å²) in [6, 6.07) is 12.2. The molecule has 3 heterocycles. The second-order valence-electron chi connectivity index (χ2n) is 5.76. The summed E-state index contributed by atoms with van der Waals surface area (Å²) in [6.07, 6.45) is 7.33. The molecule has 25 heavy (non-hydrogen) atoms. The maximum atomic E-state index is 4.67. The molecule has 1 unspecified atom stereocenters. The fraction of sp³-hybridized carbons (Fsp3) is 0.158. The summed E-state index contributed by atoms with van der Waals surface area (Å²) < 4.78 is 2.16. The molecule has 3 aromatic heterocycles. The minimum atomic E-state index is 0.228. The van der Waals surface area contributed by atoms with Crippen LogP contribution in [0.4, 0.5) is 0 Å². The number of aromatic nitrogens is 5. The Labute approximate surface area is 150 Å². The van der Waals surface area contributed by atoms with Gasteiger partial charge < -0.3 is 4.57 Å². The van der Waals surface area contributed by atoms with Crippen LogP contribution < -0.4 is 0 Å². The maximum absolute atomic E-state index is 4.67. The van der Waals surface area contributed by atoms with Gasteiger partial charge in [0.2, 0.25) is 0 Å². The predicted octanol–water partition coefficient (Wildman–Crippen LogP) is 4.00. The van der Waals surface area contributed by atoms with Crippen LogP contribution in [0.2, 0.25) is 0 Å². The standard InChI is InChI=1S/C19H17N5S/c1-14(15-6-3-2-4-7-15)18-22-10-11-24(18)12-16-13-25-19(23-16)17-20-8-5-9-21-17/h2-11,13-14H,12H2,1H3. The molecule has 1 atom stereocenters. The molecule has 0 fully saturated rings. The zero-order valence-electron chi connectivity index (χ0n) is 13.8. The molecule has 0 amide bonds. The molecule has 0 aliphatic heterocycles. The molecule has 0 saturated carbocycles. The van der Waals surface area contributed by atoms with E-state index in [-0.39, 0.29) is 5.92 Å². The van der Waals surface area contributed by atoms with Crippen molar-refractivity contribution in [3.63, 3.8) is 0 Å². The van der Waals surface area contributed by atoms with E-state index < -0.39 is 0 Å². The van der Waals surface area contributed by atoms with E-state index in [9.17, 15) is 0 Å². The van der Waals surface area contributed by atoms with Crippen LogP contribution in [0.15, 0.2) is 66.6 Å². The van der Waals surface area contributed by atoms with E-state index in [4.69, 9.17) is 0 Å². The zero-order chi connectivity index (χ0) is 17.1. The smallest absolute Gasteiger partial charge is 0.188 e. The van der Waals surface area contributed by atoms with Crippen molar-refractivity contribution in [2.24, 2.45) is 0 Å². The Morgan fingerprint density at radius 1 is 1.00 bits per heavy atom. The summed E-state index contributed by atoms with van der Waals surface area (Å²) in [5.74, 6) is 1.94. The highest BCUT2D eigenvalue weighted by molar-refractivity contribution is 7.13. The summed E-state index contributed by atoms with van der Waals surface area (Å²) in [5.41, 5.74) is 2.25. The summed E-state index contributed by atoms with van der Waals surface area (Å²) in [4.78, 5) is 17.8. The van der Waals surface area contributed by atoms with Crippen molar-refractivity contribution >= 4 is 11.3 Å². The molecule has 124 valence electrons. The average molecular weight is 347 g/mol. The van der Waals surface area contributed by atoms with Crippen molar-refractivity contribution in [1.82, 2.24) is 24.5 Å². The molecule has 4 aromatic rings. The van der Waals surface area contributed by atoms with E-state index in [2.05, 4.69) is 61.1 Å². The molecule has 0 spiro atoms. The van der Waals surface area contributed by atoms with Crippen LogP contribution in [0.25, 0.3) is 10.8 Å². The Morgan fingerprint density at radius 3 is 2.60 bits per heavy atom. The van der Waals surface area contributed by atoms with Gasteiger partial charge in [-0.3, -0.25) is 0 Å². The number of hydrogen-bond acceptors (Lipinski definition) is 5. The van der Waals surface area contributed by atoms with Gasteiger partial charge in [-0.1, -0.05) is 37.3 Å². The second kappa shape index (κ2) is 6.94. The van der Waals surface area contributed by atoms with Crippen LogP contribution >= 0.6 is 11.3 Å². The SMILES string of the molecule is CC(c1ccccc1)c1nccn1Cc1csc(-c2ncccn2)n1. The number of imidazole rings is 1. The van der Waals surface area contributed by atoms with Gasteiger partial charge in [0.15, 0.2) is 10.8 Å². The first-order valence-corrected chi connectivity index (χ1v) is 8.97. The van der Waals surface area contributed by atoms with Gasteiger partial charge >= 0.3 is 0 Å². The number of thiazole rings is 1. The van der Waals surface area contributed by atoms with Crippen molar-refractivity contribution in [3.8, 4) is 10.8 Å². The molecule has 5 nitrogen and oxygen atoms in total. The molecule has 1 aromatic carbocycles. The van der Waals surface area contributed by atoms with E-state index in [0.29, 0.717) is 12.4 Å². The summed E-state index contributed by atoms with van der Waals surface area (Å²) in [5, 5.41) is 2.90. The molecule has 0 aliphatic carbocycles. The topological polar surface area (TPSA) is 56.5 Å². The Kier molecular flexibility index (Phi) is 4.35. The molecule has 4 rings (SSSR count). The highest BCUT2D eigenvalue weighted by Gasteiger charge is 2.15.